The van der Waals surface area contributed by atoms with Crippen molar-refractivity contribution in [2.24, 2.45) is 5.92 Å². The molecule has 3 nitrogen and oxygen atoms in total. The second-order valence-electron chi connectivity index (χ2n) is 7.52. The number of hydrogen-bond acceptors (Lipinski definition) is 3. The van der Waals surface area contributed by atoms with Gasteiger partial charge in [-0.15, -0.1) is 0 Å². The van der Waals surface area contributed by atoms with Gasteiger partial charge in [-0.2, -0.15) is 0 Å². The van der Waals surface area contributed by atoms with Gasteiger partial charge in [0.15, 0.2) is 0 Å². The van der Waals surface area contributed by atoms with Gasteiger partial charge in [-0.25, -0.2) is 0 Å². The van der Waals surface area contributed by atoms with Gasteiger partial charge < -0.3 is 14.7 Å². The molecule has 2 heterocycles. The third-order valence-electron chi connectivity index (χ3n) is 6.09. The second-order valence-corrected chi connectivity index (χ2v) is 7.52. The Bertz CT molecular complexity index is 468. The van der Waals surface area contributed by atoms with Crippen molar-refractivity contribution in [2.75, 3.05) is 57.3 Å². The minimum Gasteiger partial charge on any atom is -0.372 e. The summed E-state index contributed by atoms with van der Waals surface area (Å²) in [5.41, 5.74) is 2.86. The van der Waals surface area contributed by atoms with E-state index < -0.39 is 0 Å². The van der Waals surface area contributed by atoms with Crippen LogP contribution in [0.3, 0.4) is 0 Å². The number of anilines is 1. The van der Waals surface area contributed by atoms with E-state index in [1.54, 1.807) is 0 Å². The van der Waals surface area contributed by atoms with Gasteiger partial charge in [-0.05, 0) is 62.4 Å². The van der Waals surface area contributed by atoms with Crippen LogP contribution < -0.4 is 4.90 Å². The minimum atomic E-state index is 0.931. The summed E-state index contributed by atoms with van der Waals surface area (Å²) in [5, 5.41) is 0. The van der Waals surface area contributed by atoms with Gasteiger partial charge in [0.25, 0.3) is 0 Å². The Morgan fingerprint density at radius 3 is 2.04 bits per heavy atom. The lowest BCUT2D eigenvalue weighted by Crippen LogP contribution is -2.46. The zero-order valence-electron chi connectivity index (χ0n) is 15.7. The van der Waals surface area contributed by atoms with Crippen LogP contribution in [-0.4, -0.2) is 62.2 Å². The first-order valence-corrected chi connectivity index (χ1v) is 10.1. The molecule has 0 aromatic heterocycles. The number of aryl methyl sites for hydroxylation is 1. The third kappa shape index (κ3) is 4.73. The van der Waals surface area contributed by atoms with Crippen molar-refractivity contribution in [3.05, 3.63) is 29.8 Å². The van der Waals surface area contributed by atoms with Gasteiger partial charge in [0.05, 0.1) is 0 Å². The summed E-state index contributed by atoms with van der Waals surface area (Å²) >= 11 is 0. The largest absolute Gasteiger partial charge is 0.372 e. The molecule has 0 aliphatic carbocycles. The topological polar surface area (TPSA) is 9.72 Å². The molecule has 0 saturated carbocycles. The second kappa shape index (κ2) is 8.87. The molecule has 2 fully saturated rings. The monoisotopic (exact) mass is 329 g/mol. The van der Waals surface area contributed by atoms with E-state index in [4.69, 9.17) is 0 Å². The predicted octanol–water partition coefficient (Wildman–Crippen LogP) is 3.49. The molecule has 3 rings (SSSR count). The fraction of sp³-hybridized carbons (Fsp3) is 0.714. The summed E-state index contributed by atoms with van der Waals surface area (Å²) in [4.78, 5) is 7.83. The minimum absolute atomic E-state index is 0.931. The highest BCUT2D eigenvalue weighted by Gasteiger charge is 2.21. The Kier molecular flexibility index (Phi) is 6.56. The average Bonchev–Trinajstić information content (AvgIpc) is 2.67. The molecule has 0 radical (unpaired) electrons. The van der Waals surface area contributed by atoms with Crippen molar-refractivity contribution in [2.45, 2.75) is 39.5 Å². The number of rotatable bonds is 6. The van der Waals surface area contributed by atoms with Crippen LogP contribution in [0.15, 0.2) is 24.3 Å². The molecular weight excluding hydrogens is 294 g/mol. The molecule has 2 aliphatic rings. The number of piperidine rings is 1. The van der Waals surface area contributed by atoms with Crippen LogP contribution in [0.4, 0.5) is 5.69 Å². The molecule has 2 saturated heterocycles. The molecule has 0 unspecified atom stereocenters. The van der Waals surface area contributed by atoms with E-state index >= 15 is 0 Å². The first kappa shape index (κ1) is 17.8. The summed E-state index contributed by atoms with van der Waals surface area (Å²) in [7, 11) is 0. The number of nitrogens with zero attached hydrogens (tertiary/aromatic N) is 3. The first-order valence-electron chi connectivity index (χ1n) is 10.1. The zero-order chi connectivity index (χ0) is 16.8. The number of likely N-dealkylation sites (N-methyl/N-ethyl adjacent to an activating group) is 1. The van der Waals surface area contributed by atoms with Crippen LogP contribution in [0, 0.1) is 5.92 Å². The molecule has 0 atom stereocenters. The fourth-order valence-electron chi connectivity index (χ4n) is 4.12. The van der Waals surface area contributed by atoms with E-state index in [-0.39, 0.29) is 0 Å². The fourth-order valence-corrected chi connectivity index (χ4v) is 4.12. The Hall–Kier alpha value is -1.06. The Labute approximate surface area is 148 Å². The normalized spacial score (nSPS) is 21.3. The van der Waals surface area contributed by atoms with Crippen LogP contribution in [0.2, 0.25) is 0 Å². The van der Waals surface area contributed by atoms with Gasteiger partial charge in [-0.1, -0.05) is 26.0 Å². The van der Waals surface area contributed by atoms with Gasteiger partial charge in [0.1, 0.15) is 0 Å². The van der Waals surface area contributed by atoms with Gasteiger partial charge in [0, 0.05) is 45.0 Å². The maximum atomic E-state index is 2.68. The van der Waals surface area contributed by atoms with E-state index in [1.807, 2.05) is 0 Å². The average molecular weight is 330 g/mol. The van der Waals surface area contributed by atoms with E-state index in [2.05, 4.69) is 52.8 Å². The molecule has 1 aromatic carbocycles. The Morgan fingerprint density at radius 1 is 0.833 bits per heavy atom. The van der Waals surface area contributed by atoms with E-state index in [9.17, 15) is 0 Å². The van der Waals surface area contributed by atoms with Crippen molar-refractivity contribution >= 4 is 5.69 Å². The molecule has 0 spiro atoms. The van der Waals surface area contributed by atoms with Crippen molar-refractivity contribution < 1.29 is 0 Å². The predicted molar refractivity (Wildman–Crippen MR) is 104 cm³/mol. The summed E-state index contributed by atoms with van der Waals surface area (Å²) < 4.78 is 0. The van der Waals surface area contributed by atoms with Crippen molar-refractivity contribution in [1.82, 2.24) is 9.80 Å². The smallest absolute Gasteiger partial charge is 0.0366 e. The lowest BCUT2D eigenvalue weighted by molar-refractivity contribution is 0.129. The maximum absolute atomic E-state index is 2.68. The molecule has 2 aliphatic heterocycles. The summed E-state index contributed by atoms with van der Waals surface area (Å²) in [5.74, 6) is 0.931. The van der Waals surface area contributed by atoms with Gasteiger partial charge >= 0.3 is 0 Å². The van der Waals surface area contributed by atoms with Crippen molar-refractivity contribution in [1.29, 1.82) is 0 Å². The third-order valence-corrected chi connectivity index (χ3v) is 6.09. The van der Waals surface area contributed by atoms with Crippen LogP contribution in [0.1, 0.15) is 38.7 Å². The highest BCUT2D eigenvalue weighted by Crippen LogP contribution is 2.26. The molecule has 134 valence electrons. The molecule has 1 aromatic rings. The molecule has 24 heavy (non-hydrogen) atoms. The van der Waals surface area contributed by atoms with Gasteiger partial charge in [0.2, 0.25) is 0 Å². The van der Waals surface area contributed by atoms with Gasteiger partial charge in [-0.3, -0.25) is 0 Å². The summed E-state index contributed by atoms with van der Waals surface area (Å²) in [6.07, 6.45) is 5.26. The number of hydrogen-bond donors (Lipinski definition) is 0. The van der Waals surface area contributed by atoms with Crippen molar-refractivity contribution in [3.8, 4) is 0 Å². The lowest BCUT2D eigenvalue weighted by Gasteiger charge is -2.37. The quantitative estimate of drug-likeness (QED) is 0.791. The Balaban J connectivity index is 1.37. The molecule has 0 N–H and O–H groups in total. The first-order chi connectivity index (χ1) is 11.8. The lowest BCUT2D eigenvalue weighted by atomic mass is 9.93. The van der Waals surface area contributed by atoms with Crippen LogP contribution >= 0.6 is 0 Å². The molecule has 0 amide bonds. The number of piperazine rings is 1. The molecular formula is C21H35N3. The SMILES string of the molecule is CCc1ccc(N2CCC(CCN3CCN(CC)CC3)CC2)cc1. The van der Waals surface area contributed by atoms with E-state index in [0.29, 0.717) is 0 Å². The zero-order valence-corrected chi connectivity index (χ0v) is 15.7. The number of benzene rings is 1. The molecule has 3 heteroatoms. The van der Waals surface area contributed by atoms with Crippen LogP contribution in [0.5, 0.6) is 0 Å². The molecule has 0 bridgehead atoms. The maximum Gasteiger partial charge on any atom is 0.0366 e. The Morgan fingerprint density at radius 2 is 1.46 bits per heavy atom. The van der Waals surface area contributed by atoms with E-state index in [0.717, 1.165) is 12.3 Å². The van der Waals surface area contributed by atoms with Crippen LogP contribution in [-0.2, 0) is 6.42 Å². The highest BCUT2D eigenvalue weighted by molar-refractivity contribution is 5.47. The van der Waals surface area contributed by atoms with Crippen LogP contribution in [0.25, 0.3) is 0 Å². The van der Waals surface area contributed by atoms with E-state index in [1.165, 1.54) is 82.9 Å². The van der Waals surface area contributed by atoms with Crippen molar-refractivity contribution in [3.63, 3.8) is 0 Å². The summed E-state index contributed by atoms with van der Waals surface area (Å²) in [6, 6.07) is 9.20. The summed E-state index contributed by atoms with van der Waals surface area (Å²) in [6.45, 7) is 14.6. The standard InChI is InChI=1S/C21H35N3/c1-3-19-5-7-21(8-6-19)24-13-10-20(11-14-24)9-12-23-17-15-22(4-2)16-18-23/h5-8,20H,3-4,9-18H2,1-2H3. The highest BCUT2D eigenvalue weighted by atomic mass is 15.3.